The molecule has 0 saturated carbocycles. The first kappa shape index (κ1) is 14.9. The maximum absolute atomic E-state index is 11.6. The number of rotatable bonds is 5. The van der Waals surface area contributed by atoms with E-state index in [0.29, 0.717) is 13.1 Å². The van der Waals surface area contributed by atoms with Gasteiger partial charge in [0.25, 0.3) is 0 Å². The molecule has 1 aliphatic heterocycles. The Morgan fingerprint density at radius 3 is 2.75 bits per heavy atom. The molecule has 108 valence electrons. The van der Waals surface area contributed by atoms with Crippen molar-refractivity contribution in [2.24, 2.45) is 0 Å². The van der Waals surface area contributed by atoms with E-state index in [-0.39, 0.29) is 5.91 Å². The Kier molecular flexibility index (Phi) is 5.44. The van der Waals surface area contributed by atoms with Crippen LogP contribution in [0.5, 0.6) is 0 Å². The molecule has 1 heterocycles. The van der Waals surface area contributed by atoms with Crippen LogP contribution in [0.1, 0.15) is 0 Å². The third-order valence-electron chi connectivity index (χ3n) is 3.36. The molecule has 1 saturated heterocycles. The summed E-state index contributed by atoms with van der Waals surface area (Å²) in [6.45, 7) is 8.16. The van der Waals surface area contributed by atoms with Crippen molar-refractivity contribution in [1.82, 2.24) is 10.2 Å². The van der Waals surface area contributed by atoms with Crippen molar-refractivity contribution in [2.75, 3.05) is 44.2 Å². The molecule has 0 aromatic heterocycles. The van der Waals surface area contributed by atoms with Gasteiger partial charge in [-0.05, 0) is 18.2 Å². The Bertz CT molecular complexity index is 470. The molecule has 4 nitrogen and oxygen atoms in total. The quantitative estimate of drug-likeness (QED) is 0.841. The molecular formula is C15H20ClN3O. The van der Waals surface area contributed by atoms with E-state index in [1.165, 1.54) is 0 Å². The topological polar surface area (TPSA) is 35.6 Å². The Morgan fingerprint density at radius 1 is 1.35 bits per heavy atom. The van der Waals surface area contributed by atoms with Crippen molar-refractivity contribution in [1.29, 1.82) is 0 Å². The number of benzene rings is 1. The van der Waals surface area contributed by atoms with Crippen molar-refractivity contribution in [3.63, 3.8) is 0 Å². The van der Waals surface area contributed by atoms with Gasteiger partial charge in [-0.3, -0.25) is 9.69 Å². The van der Waals surface area contributed by atoms with Gasteiger partial charge in [-0.15, -0.1) is 6.58 Å². The number of hydrogen-bond acceptors (Lipinski definition) is 3. The first-order chi connectivity index (χ1) is 9.69. The Hall–Kier alpha value is -1.52. The van der Waals surface area contributed by atoms with Crippen molar-refractivity contribution in [3.8, 4) is 0 Å². The summed E-state index contributed by atoms with van der Waals surface area (Å²) in [6.07, 6.45) is 1.69. The summed E-state index contributed by atoms with van der Waals surface area (Å²) in [6, 6.07) is 7.89. The van der Waals surface area contributed by atoms with E-state index in [9.17, 15) is 4.79 Å². The van der Waals surface area contributed by atoms with Crippen LogP contribution in [0.3, 0.4) is 0 Å². The highest BCUT2D eigenvalue weighted by atomic mass is 35.5. The highest BCUT2D eigenvalue weighted by Gasteiger charge is 2.18. The molecule has 1 N–H and O–H groups in total. The molecule has 0 bridgehead atoms. The number of piperazine rings is 1. The third kappa shape index (κ3) is 4.25. The second kappa shape index (κ2) is 7.31. The summed E-state index contributed by atoms with van der Waals surface area (Å²) in [5.74, 6) is 0.0566. The summed E-state index contributed by atoms with van der Waals surface area (Å²) >= 11 is 6.01. The lowest BCUT2D eigenvalue weighted by molar-refractivity contribution is -0.122. The van der Waals surface area contributed by atoms with Crippen molar-refractivity contribution < 1.29 is 4.79 Å². The molecule has 5 heteroatoms. The van der Waals surface area contributed by atoms with Crippen LogP contribution in [0, 0.1) is 0 Å². The molecule has 1 aromatic rings. The maximum atomic E-state index is 11.6. The zero-order valence-electron chi connectivity index (χ0n) is 11.5. The normalized spacial score (nSPS) is 15.9. The molecular weight excluding hydrogens is 274 g/mol. The van der Waals surface area contributed by atoms with Gasteiger partial charge in [-0.25, -0.2) is 0 Å². The molecule has 0 unspecified atom stereocenters. The lowest BCUT2D eigenvalue weighted by Gasteiger charge is -2.35. The Morgan fingerprint density at radius 2 is 2.10 bits per heavy atom. The minimum absolute atomic E-state index is 0.0566. The molecule has 1 amide bonds. The zero-order valence-corrected chi connectivity index (χ0v) is 12.3. The van der Waals surface area contributed by atoms with Gasteiger partial charge in [-0.2, -0.15) is 0 Å². The van der Waals surface area contributed by atoms with Gasteiger partial charge in [-0.1, -0.05) is 23.7 Å². The summed E-state index contributed by atoms with van der Waals surface area (Å²) in [5, 5.41) is 3.56. The fraction of sp³-hybridized carbons (Fsp3) is 0.400. The number of carbonyl (C=O) groups excluding carboxylic acids is 1. The molecule has 0 atom stereocenters. The SMILES string of the molecule is C=CCNC(=O)CN1CCN(c2cccc(Cl)c2)CC1. The van der Waals surface area contributed by atoms with Gasteiger partial charge in [0.15, 0.2) is 0 Å². The zero-order chi connectivity index (χ0) is 14.4. The van der Waals surface area contributed by atoms with Crippen LogP contribution in [0.2, 0.25) is 5.02 Å². The fourth-order valence-electron chi connectivity index (χ4n) is 2.28. The lowest BCUT2D eigenvalue weighted by Crippen LogP contribution is -2.49. The first-order valence-corrected chi connectivity index (χ1v) is 7.17. The van der Waals surface area contributed by atoms with E-state index in [1.807, 2.05) is 18.2 Å². The molecule has 1 aromatic carbocycles. The highest BCUT2D eigenvalue weighted by Crippen LogP contribution is 2.20. The summed E-state index contributed by atoms with van der Waals surface area (Å²) in [4.78, 5) is 16.1. The van der Waals surface area contributed by atoms with E-state index in [1.54, 1.807) is 6.08 Å². The van der Waals surface area contributed by atoms with E-state index in [0.717, 1.165) is 36.9 Å². The van der Waals surface area contributed by atoms with Crippen LogP contribution in [-0.2, 0) is 4.79 Å². The minimum atomic E-state index is 0.0566. The largest absolute Gasteiger partial charge is 0.369 e. The van der Waals surface area contributed by atoms with Gasteiger partial charge in [0.2, 0.25) is 5.91 Å². The van der Waals surface area contributed by atoms with E-state index in [2.05, 4.69) is 27.8 Å². The maximum Gasteiger partial charge on any atom is 0.234 e. The molecule has 0 spiro atoms. The Labute approximate surface area is 125 Å². The predicted octanol–water partition coefficient (Wildman–Crippen LogP) is 1.76. The second-order valence-corrected chi connectivity index (χ2v) is 5.27. The van der Waals surface area contributed by atoms with Gasteiger partial charge in [0.05, 0.1) is 6.54 Å². The molecule has 0 aliphatic carbocycles. The smallest absolute Gasteiger partial charge is 0.234 e. The van der Waals surface area contributed by atoms with E-state index >= 15 is 0 Å². The van der Waals surface area contributed by atoms with Crippen molar-refractivity contribution >= 4 is 23.2 Å². The van der Waals surface area contributed by atoms with Crippen LogP contribution in [-0.4, -0.2) is 50.1 Å². The molecule has 0 radical (unpaired) electrons. The van der Waals surface area contributed by atoms with Crippen LogP contribution in [0.4, 0.5) is 5.69 Å². The van der Waals surface area contributed by atoms with Gasteiger partial charge < -0.3 is 10.2 Å². The number of anilines is 1. The average molecular weight is 294 g/mol. The third-order valence-corrected chi connectivity index (χ3v) is 3.59. The summed E-state index contributed by atoms with van der Waals surface area (Å²) in [7, 11) is 0. The number of carbonyl (C=O) groups is 1. The van der Waals surface area contributed by atoms with Crippen LogP contribution >= 0.6 is 11.6 Å². The number of nitrogens with one attached hydrogen (secondary N) is 1. The lowest BCUT2D eigenvalue weighted by atomic mass is 10.2. The highest BCUT2D eigenvalue weighted by molar-refractivity contribution is 6.30. The first-order valence-electron chi connectivity index (χ1n) is 6.79. The minimum Gasteiger partial charge on any atom is -0.369 e. The van der Waals surface area contributed by atoms with Crippen LogP contribution in [0.25, 0.3) is 0 Å². The molecule has 20 heavy (non-hydrogen) atoms. The summed E-state index contributed by atoms with van der Waals surface area (Å²) in [5.41, 5.74) is 1.15. The standard InChI is InChI=1S/C15H20ClN3O/c1-2-6-17-15(20)12-18-7-9-19(10-8-18)14-5-3-4-13(16)11-14/h2-5,11H,1,6-10,12H2,(H,17,20). The average Bonchev–Trinajstić information content (AvgIpc) is 2.46. The van der Waals surface area contributed by atoms with Gasteiger partial charge in [0, 0.05) is 43.4 Å². The van der Waals surface area contributed by atoms with Gasteiger partial charge in [0.1, 0.15) is 0 Å². The van der Waals surface area contributed by atoms with Crippen molar-refractivity contribution in [2.45, 2.75) is 0 Å². The van der Waals surface area contributed by atoms with E-state index in [4.69, 9.17) is 11.6 Å². The Balaban J connectivity index is 1.80. The fourth-order valence-corrected chi connectivity index (χ4v) is 2.47. The number of hydrogen-bond donors (Lipinski definition) is 1. The monoisotopic (exact) mass is 293 g/mol. The molecule has 1 aliphatic rings. The second-order valence-electron chi connectivity index (χ2n) is 4.84. The predicted molar refractivity (Wildman–Crippen MR) is 83.3 cm³/mol. The molecule has 1 fully saturated rings. The van der Waals surface area contributed by atoms with E-state index < -0.39 is 0 Å². The van der Waals surface area contributed by atoms with Crippen LogP contribution < -0.4 is 10.2 Å². The number of halogens is 1. The van der Waals surface area contributed by atoms with Crippen molar-refractivity contribution in [3.05, 3.63) is 41.9 Å². The number of amides is 1. The molecule has 2 rings (SSSR count). The summed E-state index contributed by atoms with van der Waals surface area (Å²) < 4.78 is 0. The number of nitrogens with zero attached hydrogens (tertiary/aromatic N) is 2. The van der Waals surface area contributed by atoms with Gasteiger partial charge >= 0.3 is 0 Å². The van der Waals surface area contributed by atoms with Crippen LogP contribution in [0.15, 0.2) is 36.9 Å².